The summed E-state index contributed by atoms with van der Waals surface area (Å²) in [4.78, 5) is 46.2. The van der Waals surface area contributed by atoms with Gasteiger partial charge in [-0.15, -0.1) is 28.4 Å². The second-order valence-electron chi connectivity index (χ2n) is 9.42. The highest BCUT2D eigenvalue weighted by Gasteiger charge is 2.64. The topological polar surface area (TPSA) is 108 Å². The molecule has 1 aliphatic heterocycles. The normalized spacial score (nSPS) is 19.1. The molecular formula is C29H30N2O6S2. The number of hydrogen-bond donors (Lipinski definition) is 1. The van der Waals surface area contributed by atoms with Gasteiger partial charge in [0.1, 0.15) is 0 Å². The Morgan fingerprint density at radius 2 is 1.41 bits per heavy atom. The number of nitrogens with one attached hydrogen (secondary N) is 1. The van der Waals surface area contributed by atoms with E-state index in [2.05, 4.69) is 29.6 Å². The fourth-order valence-corrected chi connectivity index (χ4v) is 6.87. The molecule has 1 aliphatic rings. The SMILES string of the molecule is CC1(C(OOC(=O)Cc2ccccc2)[N+](=O)[O-])C(=O)NC1CC(SCc1ccccc1)SCc1ccccc1. The van der Waals surface area contributed by atoms with Crippen molar-refractivity contribution in [3.63, 3.8) is 0 Å². The lowest BCUT2D eigenvalue weighted by Crippen LogP contribution is -2.72. The van der Waals surface area contributed by atoms with E-state index in [1.54, 1.807) is 47.8 Å². The highest BCUT2D eigenvalue weighted by molar-refractivity contribution is 8.16. The van der Waals surface area contributed by atoms with Gasteiger partial charge in [-0.3, -0.25) is 19.8 Å². The first-order chi connectivity index (χ1) is 18.9. The van der Waals surface area contributed by atoms with E-state index in [4.69, 9.17) is 9.78 Å². The largest absolute Gasteiger partial charge is 0.368 e. The van der Waals surface area contributed by atoms with E-state index >= 15 is 0 Å². The Morgan fingerprint density at radius 3 is 1.87 bits per heavy atom. The lowest BCUT2D eigenvalue weighted by atomic mass is 9.71. The van der Waals surface area contributed by atoms with Crippen molar-refractivity contribution in [2.75, 3.05) is 0 Å². The Morgan fingerprint density at radius 1 is 0.923 bits per heavy atom. The number of nitro groups is 1. The Balaban J connectivity index is 1.42. The summed E-state index contributed by atoms with van der Waals surface area (Å²) in [6.45, 7) is 1.50. The van der Waals surface area contributed by atoms with Crippen molar-refractivity contribution >= 4 is 35.4 Å². The summed E-state index contributed by atoms with van der Waals surface area (Å²) < 4.78 is 0.0309. The molecule has 1 saturated heterocycles. The minimum Gasteiger partial charge on any atom is -0.351 e. The van der Waals surface area contributed by atoms with Gasteiger partial charge in [-0.25, -0.2) is 4.79 Å². The molecule has 0 aromatic heterocycles. The predicted octanol–water partition coefficient (Wildman–Crippen LogP) is 5.39. The van der Waals surface area contributed by atoms with E-state index in [1.165, 1.54) is 18.1 Å². The first kappa shape index (κ1) is 28.7. The van der Waals surface area contributed by atoms with Crippen LogP contribution >= 0.6 is 23.5 Å². The maximum absolute atomic E-state index is 12.7. The average Bonchev–Trinajstić information content (AvgIpc) is 2.95. The monoisotopic (exact) mass is 566 g/mol. The van der Waals surface area contributed by atoms with Crippen LogP contribution in [0.3, 0.4) is 0 Å². The number of carbonyl (C=O) groups is 2. The minimum atomic E-state index is -1.84. The third-order valence-corrected chi connectivity index (χ3v) is 9.58. The van der Waals surface area contributed by atoms with E-state index in [1.807, 2.05) is 42.5 Å². The van der Waals surface area contributed by atoms with Crippen molar-refractivity contribution < 1.29 is 24.3 Å². The zero-order chi connectivity index (χ0) is 27.7. The highest BCUT2D eigenvalue weighted by atomic mass is 32.2. The van der Waals surface area contributed by atoms with Gasteiger partial charge in [0, 0.05) is 11.5 Å². The van der Waals surface area contributed by atoms with E-state index in [-0.39, 0.29) is 11.0 Å². The molecule has 204 valence electrons. The van der Waals surface area contributed by atoms with Crippen LogP contribution in [0.15, 0.2) is 91.0 Å². The van der Waals surface area contributed by atoms with Gasteiger partial charge >= 0.3 is 12.2 Å². The smallest absolute Gasteiger partial charge is 0.351 e. The van der Waals surface area contributed by atoms with Gasteiger partial charge in [-0.2, -0.15) is 0 Å². The molecule has 1 heterocycles. The first-order valence-electron chi connectivity index (χ1n) is 12.5. The molecule has 1 N–H and O–H groups in total. The van der Waals surface area contributed by atoms with E-state index in [0.717, 1.165) is 11.5 Å². The molecule has 0 bridgehead atoms. The molecular weight excluding hydrogens is 536 g/mol. The summed E-state index contributed by atoms with van der Waals surface area (Å²) >= 11 is 3.46. The van der Waals surface area contributed by atoms with Gasteiger partial charge in [0.2, 0.25) is 5.91 Å². The van der Waals surface area contributed by atoms with Crippen LogP contribution in [0.25, 0.3) is 0 Å². The molecule has 3 unspecified atom stereocenters. The fourth-order valence-electron chi connectivity index (χ4n) is 4.28. The number of benzene rings is 3. The predicted molar refractivity (Wildman–Crippen MR) is 152 cm³/mol. The zero-order valence-electron chi connectivity index (χ0n) is 21.4. The lowest BCUT2D eigenvalue weighted by Gasteiger charge is -2.46. The fraction of sp³-hybridized carbons (Fsp3) is 0.310. The van der Waals surface area contributed by atoms with Gasteiger partial charge in [-0.05, 0) is 30.0 Å². The van der Waals surface area contributed by atoms with Crippen LogP contribution in [-0.2, 0) is 37.3 Å². The second-order valence-corrected chi connectivity index (χ2v) is 12.1. The number of rotatable bonds is 14. The third kappa shape index (κ3) is 7.62. The van der Waals surface area contributed by atoms with Gasteiger partial charge in [-0.1, -0.05) is 91.0 Å². The number of carbonyl (C=O) groups excluding carboxylic acids is 2. The number of amides is 1. The van der Waals surface area contributed by atoms with Crippen LogP contribution in [0.1, 0.15) is 30.0 Å². The Hall–Kier alpha value is -3.34. The maximum atomic E-state index is 12.7. The van der Waals surface area contributed by atoms with Crippen molar-refractivity contribution in [2.45, 2.75) is 48.1 Å². The minimum absolute atomic E-state index is 0.0309. The quantitative estimate of drug-likeness (QED) is 0.0909. The molecule has 0 spiro atoms. The lowest BCUT2D eigenvalue weighted by molar-refractivity contribution is -0.632. The molecule has 0 saturated carbocycles. The van der Waals surface area contributed by atoms with Crippen molar-refractivity contribution in [2.24, 2.45) is 5.41 Å². The van der Waals surface area contributed by atoms with E-state index in [0.29, 0.717) is 12.0 Å². The van der Waals surface area contributed by atoms with Crippen LogP contribution < -0.4 is 5.32 Å². The summed E-state index contributed by atoms with van der Waals surface area (Å²) in [6.07, 6.45) is -1.47. The Kier molecular flexibility index (Phi) is 10.0. The number of thioether (sulfide) groups is 2. The number of β-lactam (4-membered cyclic amide) rings is 1. The first-order valence-corrected chi connectivity index (χ1v) is 14.6. The van der Waals surface area contributed by atoms with Crippen LogP contribution in [0.2, 0.25) is 0 Å². The summed E-state index contributed by atoms with van der Waals surface area (Å²) in [5, 5.41) is 14.8. The molecule has 3 atom stereocenters. The van der Waals surface area contributed by atoms with E-state index < -0.39 is 34.5 Å². The standard InChI is InChI=1S/C29H30N2O6S2/c1-29(28(31(34)35)37-36-25(32)17-21-11-5-2-6-12-21)24(30-27(29)33)18-26(38-19-22-13-7-3-8-14-22)39-20-23-15-9-4-10-16-23/h2-16,24,26,28H,17-20H2,1H3,(H,30,33). The molecule has 39 heavy (non-hydrogen) atoms. The number of nitrogens with zero attached hydrogens (tertiary/aromatic N) is 1. The molecule has 0 aliphatic carbocycles. The summed E-state index contributed by atoms with van der Waals surface area (Å²) in [7, 11) is 0. The maximum Gasteiger partial charge on any atom is 0.368 e. The highest BCUT2D eigenvalue weighted by Crippen LogP contribution is 2.43. The second kappa shape index (κ2) is 13.6. The van der Waals surface area contributed by atoms with Crippen LogP contribution in [0.5, 0.6) is 0 Å². The van der Waals surface area contributed by atoms with Crippen LogP contribution in [-0.4, -0.2) is 33.7 Å². The van der Waals surface area contributed by atoms with Crippen molar-refractivity contribution in [1.82, 2.24) is 5.32 Å². The van der Waals surface area contributed by atoms with Gasteiger partial charge in [0.05, 0.1) is 22.0 Å². The molecule has 10 heteroatoms. The third-order valence-electron chi connectivity index (χ3n) is 6.63. The average molecular weight is 567 g/mol. The van der Waals surface area contributed by atoms with Gasteiger partial charge in [0.25, 0.3) is 0 Å². The molecule has 1 amide bonds. The van der Waals surface area contributed by atoms with Crippen molar-refractivity contribution in [1.29, 1.82) is 0 Å². The summed E-state index contributed by atoms with van der Waals surface area (Å²) in [5.41, 5.74) is 1.52. The molecule has 1 fully saturated rings. The van der Waals surface area contributed by atoms with Crippen molar-refractivity contribution in [3.05, 3.63) is 118 Å². The number of hydrogen-bond acceptors (Lipinski definition) is 8. The Bertz CT molecular complexity index is 1200. The van der Waals surface area contributed by atoms with E-state index in [9.17, 15) is 19.7 Å². The summed E-state index contributed by atoms with van der Waals surface area (Å²) in [6, 6.07) is 28.4. The van der Waals surface area contributed by atoms with Gasteiger partial charge in [0.15, 0.2) is 5.41 Å². The van der Waals surface area contributed by atoms with Crippen LogP contribution in [0, 0.1) is 15.5 Å². The van der Waals surface area contributed by atoms with Crippen molar-refractivity contribution in [3.8, 4) is 0 Å². The molecule has 3 aromatic carbocycles. The zero-order valence-corrected chi connectivity index (χ0v) is 23.1. The molecule has 0 radical (unpaired) electrons. The summed E-state index contributed by atoms with van der Waals surface area (Å²) in [5.74, 6) is 0.240. The molecule has 4 rings (SSSR count). The molecule has 8 nitrogen and oxygen atoms in total. The molecule has 3 aromatic rings. The Labute approximate surface area is 235 Å². The van der Waals surface area contributed by atoms with Gasteiger partial charge < -0.3 is 5.32 Å². The van der Waals surface area contributed by atoms with Crippen LogP contribution in [0.4, 0.5) is 0 Å².